The molecule has 0 aliphatic rings. The topological polar surface area (TPSA) is 30.7 Å². The molecule has 47 heavy (non-hydrogen) atoms. The first-order valence-electron chi connectivity index (χ1n) is 16.0. The summed E-state index contributed by atoms with van der Waals surface area (Å²) in [5, 5.41) is 10.9. The molecular weight excluding hydrogens is 571 g/mol. The smallest absolute Gasteiger partial charge is 0.235 e. The van der Waals surface area contributed by atoms with Gasteiger partial charge in [-0.25, -0.2) is 9.97 Å². The zero-order valence-electron chi connectivity index (χ0n) is 25.4. The van der Waals surface area contributed by atoms with Crippen molar-refractivity contribution >= 4 is 65.0 Å². The molecule has 8 aromatic carbocycles. The van der Waals surface area contributed by atoms with Crippen LogP contribution in [-0.2, 0) is 0 Å². The molecule has 0 spiro atoms. The molecule has 0 radical (unpaired) electrons. The number of para-hydroxylation sites is 2. The molecule has 10 aromatic rings. The van der Waals surface area contributed by atoms with Crippen molar-refractivity contribution < 1.29 is 0 Å². The first kappa shape index (κ1) is 26.0. The summed E-state index contributed by atoms with van der Waals surface area (Å²) in [6.45, 7) is 0. The Labute approximate surface area is 271 Å². The van der Waals surface area contributed by atoms with Gasteiger partial charge in [0.25, 0.3) is 0 Å². The molecule has 218 valence electrons. The van der Waals surface area contributed by atoms with Crippen LogP contribution in [0.2, 0.25) is 0 Å². The molecule has 0 unspecified atom stereocenters. The fourth-order valence-electron chi connectivity index (χ4n) is 7.41. The van der Waals surface area contributed by atoms with Crippen LogP contribution in [0.15, 0.2) is 164 Å². The Morgan fingerprint density at radius 3 is 1.72 bits per heavy atom. The molecule has 2 aromatic heterocycles. The SMILES string of the molecule is c1ccc(-c2ccc(-c3nc(-n4c5ccccc5c5ccc6c7ccc8ccccc8c7ccc6c54)nc4ccccc34)cc2)cc1. The molecule has 0 aliphatic carbocycles. The maximum Gasteiger partial charge on any atom is 0.235 e. The third-order valence-electron chi connectivity index (χ3n) is 9.61. The van der Waals surface area contributed by atoms with Crippen molar-refractivity contribution in [2.24, 2.45) is 0 Å². The normalized spacial score (nSPS) is 11.8. The van der Waals surface area contributed by atoms with Crippen molar-refractivity contribution in [3.8, 4) is 28.3 Å². The van der Waals surface area contributed by atoms with Crippen LogP contribution < -0.4 is 0 Å². The molecule has 0 fully saturated rings. The van der Waals surface area contributed by atoms with Gasteiger partial charge in [0.1, 0.15) is 0 Å². The molecule has 0 N–H and O–H groups in total. The van der Waals surface area contributed by atoms with E-state index in [2.05, 4.69) is 168 Å². The lowest BCUT2D eigenvalue weighted by Gasteiger charge is -2.14. The maximum atomic E-state index is 5.38. The van der Waals surface area contributed by atoms with Crippen molar-refractivity contribution in [1.82, 2.24) is 14.5 Å². The van der Waals surface area contributed by atoms with Gasteiger partial charge in [-0.2, -0.15) is 0 Å². The Balaban J connectivity index is 1.27. The fourth-order valence-corrected chi connectivity index (χ4v) is 7.41. The van der Waals surface area contributed by atoms with E-state index in [-0.39, 0.29) is 0 Å². The van der Waals surface area contributed by atoms with Gasteiger partial charge in [-0.15, -0.1) is 0 Å². The molecule has 0 amide bonds. The van der Waals surface area contributed by atoms with Crippen molar-refractivity contribution in [1.29, 1.82) is 0 Å². The first-order chi connectivity index (χ1) is 23.3. The number of aromatic nitrogens is 3. The van der Waals surface area contributed by atoms with E-state index in [0.29, 0.717) is 5.95 Å². The Hall–Kier alpha value is -6.32. The van der Waals surface area contributed by atoms with Crippen LogP contribution in [0, 0.1) is 0 Å². The molecule has 3 heteroatoms. The van der Waals surface area contributed by atoms with Crippen molar-refractivity contribution in [2.75, 3.05) is 0 Å². The second kappa shape index (κ2) is 10.1. The van der Waals surface area contributed by atoms with Crippen LogP contribution in [0.1, 0.15) is 0 Å². The summed E-state index contributed by atoms with van der Waals surface area (Å²) < 4.78 is 2.27. The van der Waals surface area contributed by atoms with Gasteiger partial charge in [0.05, 0.1) is 22.2 Å². The molecule has 0 atom stereocenters. The largest absolute Gasteiger partial charge is 0.277 e. The van der Waals surface area contributed by atoms with Crippen LogP contribution in [-0.4, -0.2) is 14.5 Å². The molecule has 10 rings (SSSR count). The Bertz CT molecular complexity index is 2830. The van der Waals surface area contributed by atoms with Crippen LogP contribution in [0.4, 0.5) is 0 Å². The Kier molecular flexibility index (Phi) is 5.57. The van der Waals surface area contributed by atoms with E-state index in [1.807, 2.05) is 0 Å². The molecule has 0 saturated carbocycles. The highest BCUT2D eigenvalue weighted by Gasteiger charge is 2.20. The summed E-state index contributed by atoms with van der Waals surface area (Å²) in [6.07, 6.45) is 0. The van der Waals surface area contributed by atoms with E-state index in [9.17, 15) is 0 Å². The van der Waals surface area contributed by atoms with E-state index in [4.69, 9.17) is 9.97 Å². The molecule has 3 nitrogen and oxygen atoms in total. The summed E-state index contributed by atoms with van der Waals surface area (Å²) in [5.41, 5.74) is 7.50. The Morgan fingerprint density at radius 2 is 0.894 bits per heavy atom. The van der Waals surface area contributed by atoms with Crippen molar-refractivity contribution in [3.63, 3.8) is 0 Å². The lowest BCUT2D eigenvalue weighted by molar-refractivity contribution is 1.02. The zero-order valence-corrected chi connectivity index (χ0v) is 25.4. The van der Waals surface area contributed by atoms with E-state index in [1.54, 1.807) is 0 Å². The third kappa shape index (κ3) is 3.93. The van der Waals surface area contributed by atoms with Gasteiger partial charge in [-0.3, -0.25) is 4.57 Å². The lowest BCUT2D eigenvalue weighted by atomic mass is 9.96. The highest BCUT2D eigenvalue weighted by molar-refractivity contribution is 6.25. The van der Waals surface area contributed by atoms with Gasteiger partial charge >= 0.3 is 0 Å². The van der Waals surface area contributed by atoms with E-state index in [1.165, 1.54) is 54.2 Å². The molecule has 0 saturated heterocycles. The third-order valence-corrected chi connectivity index (χ3v) is 9.61. The maximum absolute atomic E-state index is 5.38. The summed E-state index contributed by atoms with van der Waals surface area (Å²) in [7, 11) is 0. The van der Waals surface area contributed by atoms with Crippen molar-refractivity contribution in [3.05, 3.63) is 164 Å². The number of hydrogen-bond donors (Lipinski definition) is 0. The average molecular weight is 598 g/mol. The first-order valence-corrected chi connectivity index (χ1v) is 16.0. The van der Waals surface area contributed by atoms with Crippen LogP contribution in [0.25, 0.3) is 93.4 Å². The number of hydrogen-bond acceptors (Lipinski definition) is 2. The standard InChI is InChI=1S/C44H27N3/c1-2-10-28(11-3-1)29-18-20-31(21-19-29)42-39-15-6-8-16-40(39)45-44(46-42)47-41-17-9-7-14-36(41)38-27-25-35-34-23-22-30-12-4-5-13-32(30)33(34)24-26-37(35)43(38)47/h1-27H. The van der Waals surface area contributed by atoms with Gasteiger partial charge in [0.2, 0.25) is 5.95 Å². The predicted molar refractivity (Wildman–Crippen MR) is 197 cm³/mol. The monoisotopic (exact) mass is 597 g/mol. The number of benzene rings is 8. The van der Waals surface area contributed by atoms with E-state index in [0.717, 1.165) is 33.2 Å². The quantitative estimate of drug-likeness (QED) is 0.190. The van der Waals surface area contributed by atoms with Crippen LogP contribution in [0.3, 0.4) is 0 Å². The number of nitrogens with zero attached hydrogens (tertiary/aromatic N) is 3. The molecule has 2 heterocycles. The van der Waals surface area contributed by atoms with Gasteiger partial charge in [0.15, 0.2) is 0 Å². The van der Waals surface area contributed by atoms with Gasteiger partial charge in [-0.05, 0) is 50.2 Å². The summed E-state index contributed by atoms with van der Waals surface area (Å²) in [6, 6.07) is 58.4. The minimum absolute atomic E-state index is 0.670. The van der Waals surface area contributed by atoms with Gasteiger partial charge in [-0.1, -0.05) is 152 Å². The van der Waals surface area contributed by atoms with Crippen LogP contribution in [0.5, 0.6) is 0 Å². The number of fused-ring (bicyclic) bond motifs is 10. The van der Waals surface area contributed by atoms with E-state index < -0.39 is 0 Å². The summed E-state index contributed by atoms with van der Waals surface area (Å²) in [5.74, 6) is 0.670. The predicted octanol–water partition coefficient (Wildman–Crippen LogP) is 11.5. The minimum Gasteiger partial charge on any atom is -0.277 e. The second-order valence-corrected chi connectivity index (χ2v) is 12.2. The summed E-state index contributed by atoms with van der Waals surface area (Å²) in [4.78, 5) is 10.6. The second-order valence-electron chi connectivity index (χ2n) is 12.2. The fraction of sp³-hybridized carbons (Fsp3) is 0. The lowest BCUT2D eigenvalue weighted by Crippen LogP contribution is -2.03. The highest BCUT2D eigenvalue weighted by Crippen LogP contribution is 2.40. The Morgan fingerprint density at radius 1 is 0.340 bits per heavy atom. The summed E-state index contributed by atoms with van der Waals surface area (Å²) >= 11 is 0. The highest BCUT2D eigenvalue weighted by atomic mass is 15.2. The average Bonchev–Trinajstić information content (AvgIpc) is 3.49. The molecular formula is C44H27N3. The van der Waals surface area contributed by atoms with Gasteiger partial charge in [0, 0.05) is 27.1 Å². The molecule has 0 aliphatic heterocycles. The minimum atomic E-state index is 0.670. The van der Waals surface area contributed by atoms with Crippen molar-refractivity contribution in [2.45, 2.75) is 0 Å². The van der Waals surface area contributed by atoms with Gasteiger partial charge < -0.3 is 0 Å². The number of rotatable bonds is 3. The van der Waals surface area contributed by atoms with Crippen LogP contribution >= 0.6 is 0 Å². The molecule has 0 bridgehead atoms. The zero-order chi connectivity index (χ0) is 30.9. The van der Waals surface area contributed by atoms with E-state index >= 15 is 0 Å².